The quantitative estimate of drug-likeness (QED) is 0.666. The van der Waals surface area contributed by atoms with Crippen LogP contribution in [0.4, 0.5) is 0 Å². The number of nitrogens with zero attached hydrogens (tertiary/aromatic N) is 1. The lowest BCUT2D eigenvalue weighted by atomic mass is 10.1. The normalized spacial score (nSPS) is 17.1. The first-order valence-electron chi connectivity index (χ1n) is 4.32. The van der Waals surface area contributed by atoms with Gasteiger partial charge in [0.25, 0.3) is 0 Å². The SMILES string of the molecule is COC(=O)c1ccc(C2(C#N)CC2)o1. The van der Waals surface area contributed by atoms with E-state index >= 15 is 0 Å². The Balaban J connectivity index is 2.27. The molecule has 1 heterocycles. The van der Waals surface area contributed by atoms with Crippen LogP contribution in [0.25, 0.3) is 0 Å². The molecule has 1 saturated carbocycles. The van der Waals surface area contributed by atoms with Crippen LogP contribution in [0.2, 0.25) is 0 Å². The second-order valence-corrected chi connectivity index (χ2v) is 3.35. The van der Waals surface area contributed by atoms with Gasteiger partial charge in [-0.3, -0.25) is 0 Å². The predicted molar refractivity (Wildman–Crippen MR) is 46.6 cm³/mol. The van der Waals surface area contributed by atoms with Crippen LogP contribution >= 0.6 is 0 Å². The van der Waals surface area contributed by atoms with Gasteiger partial charge in [-0.05, 0) is 25.0 Å². The van der Waals surface area contributed by atoms with E-state index in [1.54, 1.807) is 12.1 Å². The molecule has 0 amide bonds. The molecule has 1 aliphatic carbocycles. The Morgan fingerprint density at radius 1 is 1.64 bits per heavy atom. The summed E-state index contributed by atoms with van der Waals surface area (Å²) >= 11 is 0. The van der Waals surface area contributed by atoms with Gasteiger partial charge in [-0.25, -0.2) is 4.79 Å². The van der Waals surface area contributed by atoms with Crippen molar-refractivity contribution in [1.82, 2.24) is 0 Å². The highest BCUT2D eigenvalue weighted by Gasteiger charge is 2.48. The molecule has 0 aromatic carbocycles. The van der Waals surface area contributed by atoms with Gasteiger partial charge in [-0.2, -0.15) is 5.26 Å². The van der Waals surface area contributed by atoms with E-state index in [4.69, 9.17) is 9.68 Å². The summed E-state index contributed by atoms with van der Waals surface area (Å²) in [4.78, 5) is 11.1. The Bertz CT molecular complexity index is 409. The highest BCUT2D eigenvalue weighted by molar-refractivity contribution is 5.86. The summed E-state index contributed by atoms with van der Waals surface area (Å²) in [5.41, 5.74) is -0.480. The number of hydrogen-bond donors (Lipinski definition) is 0. The van der Waals surface area contributed by atoms with Crippen LogP contribution in [0.3, 0.4) is 0 Å². The van der Waals surface area contributed by atoms with Gasteiger partial charge >= 0.3 is 5.97 Å². The summed E-state index contributed by atoms with van der Waals surface area (Å²) < 4.78 is 9.76. The van der Waals surface area contributed by atoms with E-state index in [9.17, 15) is 4.79 Å². The number of ether oxygens (including phenoxy) is 1. The fraction of sp³-hybridized carbons (Fsp3) is 0.400. The van der Waals surface area contributed by atoms with Gasteiger partial charge in [0, 0.05) is 0 Å². The van der Waals surface area contributed by atoms with Crippen molar-refractivity contribution in [3.8, 4) is 6.07 Å². The molecule has 0 atom stereocenters. The molecule has 0 spiro atoms. The fourth-order valence-corrected chi connectivity index (χ4v) is 1.34. The Kier molecular flexibility index (Phi) is 1.81. The second-order valence-electron chi connectivity index (χ2n) is 3.35. The molecule has 0 unspecified atom stereocenters. The molecule has 1 aromatic rings. The molecule has 1 aromatic heterocycles. The van der Waals surface area contributed by atoms with Crippen molar-refractivity contribution in [2.75, 3.05) is 7.11 Å². The fourth-order valence-electron chi connectivity index (χ4n) is 1.34. The number of carbonyl (C=O) groups is 1. The van der Waals surface area contributed by atoms with Crippen LogP contribution in [0.15, 0.2) is 16.5 Å². The Morgan fingerprint density at radius 2 is 2.36 bits per heavy atom. The minimum Gasteiger partial charge on any atom is -0.463 e. The van der Waals surface area contributed by atoms with Crippen molar-refractivity contribution < 1.29 is 13.9 Å². The summed E-state index contributed by atoms with van der Waals surface area (Å²) in [6.07, 6.45) is 1.61. The van der Waals surface area contributed by atoms with Crippen LogP contribution in [-0.2, 0) is 10.2 Å². The molecule has 0 N–H and O–H groups in total. The Labute approximate surface area is 81.1 Å². The first kappa shape index (κ1) is 8.82. The minimum atomic E-state index is -0.509. The minimum absolute atomic E-state index is 0.157. The number of nitriles is 1. The lowest BCUT2D eigenvalue weighted by molar-refractivity contribution is 0.0562. The average molecular weight is 191 g/mol. The third kappa shape index (κ3) is 1.18. The van der Waals surface area contributed by atoms with Crippen molar-refractivity contribution in [3.63, 3.8) is 0 Å². The second kappa shape index (κ2) is 2.88. The van der Waals surface area contributed by atoms with Crippen LogP contribution in [0.5, 0.6) is 0 Å². The molecule has 1 fully saturated rings. The highest BCUT2D eigenvalue weighted by atomic mass is 16.5. The van der Waals surface area contributed by atoms with E-state index < -0.39 is 11.4 Å². The molecular formula is C10H9NO3. The lowest BCUT2D eigenvalue weighted by Crippen LogP contribution is -2.01. The molecule has 1 aliphatic rings. The Hall–Kier alpha value is -1.76. The molecule has 0 bridgehead atoms. The van der Waals surface area contributed by atoms with Crippen LogP contribution in [-0.4, -0.2) is 13.1 Å². The maximum atomic E-state index is 11.1. The van der Waals surface area contributed by atoms with Gasteiger partial charge in [0.1, 0.15) is 11.2 Å². The summed E-state index contributed by atoms with van der Waals surface area (Å²) in [5, 5.41) is 8.89. The van der Waals surface area contributed by atoms with Crippen molar-refractivity contribution in [1.29, 1.82) is 5.26 Å². The van der Waals surface area contributed by atoms with Crippen molar-refractivity contribution in [2.24, 2.45) is 0 Å². The standard InChI is InChI=1S/C10H9NO3/c1-13-9(12)7-2-3-8(14-7)10(6-11)4-5-10/h2-3H,4-5H2,1H3. The maximum absolute atomic E-state index is 11.1. The van der Waals surface area contributed by atoms with E-state index in [0.29, 0.717) is 5.76 Å². The third-order valence-corrected chi connectivity index (χ3v) is 2.43. The monoisotopic (exact) mass is 191 g/mol. The first-order chi connectivity index (χ1) is 6.72. The van der Waals surface area contributed by atoms with Gasteiger partial charge < -0.3 is 9.15 Å². The largest absolute Gasteiger partial charge is 0.463 e. The molecule has 4 heteroatoms. The average Bonchev–Trinajstić information content (AvgIpc) is 2.87. The lowest BCUT2D eigenvalue weighted by Gasteiger charge is -1.99. The molecule has 2 rings (SSSR count). The molecule has 0 saturated heterocycles. The van der Waals surface area contributed by atoms with Crippen molar-refractivity contribution in [2.45, 2.75) is 18.3 Å². The molecule has 14 heavy (non-hydrogen) atoms. The molecular weight excluding hydrogens is 182 g/mol. The van der Waals surface area contributed by atoms with Crippen LogP contribution in [0.1, 0.15) is 29.2 Å². The van der Waals surface area contributed by atoms with Gasteiger partial charge in [0.2, 0.25) is 5.76 Å². The van der Waals surface area contributed by atoms with Gasteiger partial charge in [0.05, 0.1) is 13.2 Å². The number of esters is 1. The summed E-state index contributed by atoms with van der Waals surface area (Å²) in [5.74, 6) is 0.217. The zero-order valence-electron chi connectivity index (χ0n) is 7.74. The highest BCUT2D eigenvalue weighted by Crippen LogP contribution is 2.47. The number of furan rings is 1. The molecule has 0 aliphatic heterocycles. The van der Waals surface area contributed by atoms with E-state index in [2.05, 4.69) is 10.8 Å². The predicted octanol–water partition coefficient (Wildman–Crippen LogP) is 1.62. The first-order valence-corrected chi connectivity index (χ1v) is 4.32. The smallest absolute Gasteiger partial charge is 0.373 e. The topological polar surface area (TPSA) is 63.2 Å². The summed E-state index contributed by atoms with van der Waals surface area (Å²) in [7, 11) is 1.29. The third-order valence-electron chi connectivity index (χ3n) is 2.43. The van der Waals surface area contributed by atoms with Crippen molar-refractivity contribution >= 4 is 5.97 Å². The van der Waals surface area contributed by atoms with E-state index in [0.717, 1.165) is 12.8 Å². The Morgan fingerprint density at radius 3 is 2.86 bits per heavy atom. The van der Waals surface area contributed by atoms with Gasteiger partial charge in [-0.1, -0.05) is 0 Å². The van der Waals surface area contributed by atoms with Gasteiger partial charge in [-0.15, -0.1) is 0 Å². The van der Waals surface area contributed by atoms with Gasteiger partial charge in [0.15, 0.2) is 0 Å². The number of carbonyl (C=O) groups excluding carboxylic acids is 1. The van der Waals surface area contributed by atoms with Crippen molar-refractivity contribution in [3.05, 3.63) is 23.7 Å². The summed E-state index contributed by atoms with van der Waals surface area (Å²) in [6.45, 7) is 0. The molecule has 72 valence electrons. The van der Waals surface area contributed by atoms with E-state index in [1.165, 1.54) is 7.11 Å². The van der Waals surface area contributed by atoms with E-state index in [-0.39, 0.29) is 5.76 Å². The maximum Gasteiger partial charge on any atom is 0.373 e. The van der Waals surface area contributed by atoms with Crippen LogP contribution < -0.4 is 0 Å². The van der Waals surface area contributed by atoms with E-state index in [1.807, 2.05) is 0 Å². The molecule has 0 radical (unpaired) electrons. The molecule has 4 nitrogen and oxygen atoms in total. The number of rotatable bonds is 2. The zero-order chi connectivity index (χ0) is 10.2. The van der Waals surface area contributed by atoms with Crippen LogP contribution in [0, 0.1) is 11.3 Å². The number of hydrogen-bond acceptors (Lipinski definition) is 4. The summed E-state index contributed by atoms with van der Waals surface area (Å²) in [6, 6.07) is 5.40. The number of methoxy groups -OCH3 is 1. The zero-order valence-corrected chi connectivity index (χ0v) is 7.74.